The summed E-state index contributed by atoms with van der Waals surface area (Å²) in [5.41, 5.74) is 3.40. The van der Waals surface area contributed by atoms with Crippen molar-refractivity contribution in [2.45, 2.75) is 69.5 Å². The smallest absolute Gasteiger partial charge is 0.264 e. The van der Waals surface area contributed by atoms with Crippen molar-refractivity contribution in [3.8, 4) is 0 Å². The van der Waals surface area contributed by atoms with Gasteiger partial charge in [-0.25, -0.2) is 8.42 Å². The Hall–Kier alpha value is -3.85. The number of hydrogen-bond donors (Lipinski definition) is 1. The average molecular weight is 693 g/mol. The molecule has 0 spiro atoms. The summed E-state index contributed by atoms with van der Waals surface area (Å²) in [5.74, 6) is -0.802. The molecule has 10 heteroatoms. The van der Waals surface area contributed by atoms with Gasteiger partial charge in [0.25, 0.3) is 10.0 Å². The van der Waals surface area contributed by atoms with Crippen LogP contribution in [0.25, 0.3) is 0 Å². The van der Waals surface area contributed by atoms with Gasteiger partial charge in [-0.1, -0.05) is 96.2 Å². The second-order valence-electron chi connectivity index (χ2n) is 12.1. The summed E-state index contributed by atoms with van der Waals surface area (Å²) in [4.78, 5) is 30.3. The predicted molar refractivity (Wildman–Crippen MR) is 188 cm³/mol. The Balaban J connectivity index is 1.58. The Bertz CT molecular complexity index is 1810. The molecule has 0 radical (unpaired) electrons. The lowest BCUT2D eigenvalue weighted by molar-refractivity contribution is -0.140. The second kappa shape index (κ2) is 15.4. The number of sulfonamides is 1. The van der Waals surface area contributed by atoms with Crippen LogP contribution >= 0.6 is 23.2 Å². The molecule has 1 N–H and O–H groups in total. The molecule has 246 valence electrons. The number of hydrogen-bond acceptors (Lipinski definition) is 4. The third kappa shape index (κ3) is 8.74. The number of anilines is 1. The number of rotatable bonds is 12. The maximum atomic E-state index is 14.7. The van der Waals surface area contributed by atoms with Crippen molar-refractivity contribution < 1.29 is 18.0 Å². The fourth-order valence-electron chi connectivity index (χ4n) is 6.00. The Morgan fingerprint density at radius 2 is 1.49 bits per heavy atom. The van der Waals surface area contributed by atoms with E-state index in [1.165, 1.54) is 17.0 Å². The van der Waals surface area contributed by atoms with Crippen LogP contribution in [0.2, 0.25) is 10.0 Å². The van der Waals surface area contributed by atoms with Crippen molar-refractivity contribution >= 4 is 50.7 Å². The van der Waals surface area contributed by atoms with E-state index >= 15 is 0 Å². The molecule has 0 aliphatic heterocycles. The van der Waals surface area contributed by atoms with E-state index in [1.54, 1.807) is 55.5 Å². The fraction of sp³-hybridized carbons (Fsp3) is 0.297. The first-order valence-electron chi connectivity index (χ1n) is 15.7. The zero-order valence-corrected chi connectivity index (χ0v) is 28.9. The molecule has 0 unspecified atom stereocenters. The minimum Gasteiger partial charge on any atom is -0.352 e. The first kappa shape index (κ1) is 34.5. The van der Waals surface area contributed by atoms with Crippen LogP contribution in [0.5, 0.6) is 0 Å². The molecule has 4 aromatic carbocycles. The van der Waals surface area contributed by atoms with E-state index in [-0.39, 0.29) is 29.8 Å². The zero-order chi connectivity index (χ0) is 33.6. The highest BCUT2D eigenvalue weighted by Crippen LogP contribution is 2.30. The van der Waals surface area contributed by atoms with E-state index in [4.69, 9.17) is 23.2 Å². The minimum absolute atomic E-state index is 0.0269. The van der Waals surface area contributed by atoms with Gasteiger partial charge in [-0.05, 0) is 85.8 Å². The van der Waals surface area contributed by atoms with Gasteiger partial charge in [0.05, 0.1) is 10.6 Å². The molecule has 5 rings (SSSR count). The Labute approximate surface area is 287 Å². The van der Waals surface area contributed by atoms with Gasteiger partial charge < -0.3 is 10.2 Å². The Morgan fingerprint density at radius 3 is 2.15 bits per heavy atom. The van der Waals surface area contributed by atoms with Crippen molar-refractivity contribution in [1.82, 2.24) is 10.2 Å². The topological polar surface area (TPSA) is 86.8 Å². The van der Waals surface area contributed by atoms with Gasteiger partial charge in [0.2, 0.25) is 11.8 Å². The fourth-order valence-corrected chi connectivity index (χ4v) is 7.92. The van der Waals surface area contributed by atoms with Crippen molar-refractivity contribution in [2.24, 2.45) is 0 Å². The molecular weight excluding hydrogens is 653 g/mol. The van der Waals surface area contributed by atoms with Crippen LogP contribution in [-0.2, 0) is 32.6 Å². The molecule has 1 aliphatic carbocycles. The summed E-state index contributed by atoms with van der Waals surface area (Å²) < 4.78 is 29.7. The van der Waals surface area contributed by atoms with E-state index in [1.807, 2.05) is 43.3 Å². The lowest BCUT2D eigenvalue weighted by Gasteiger charge is -2.34. The summed E-state index contributed by atoms with van der Waals surface area (Å²) >= 11 is 12.6. The summed E-state index contributed by atoms with van der Waals surface area (Å²) in [6.45, 7) is 3.13. The third-order valence-corrected chi connectivity index (χ3v) is 10.8. The maximum absolute atomic E-state index is 14.7. The highest BCUT2D eigenvalue weighted by Gasteiger charge is 2.36. The number of benzene rings is 4. The molecule has 47 heavy (non-hydrogen) atoms. The molecular formula is C37H39Cl2N3O4S. The molecule has 4 aromatic rings. The van der Waals surface area contributed by atoms with Crippen LogP contribution in [0, 0.1) is 13.8 Å². The Morgan fingerprint density at radius 1 is 0.830 bits per heavy atom. The highest BCUT2D eigenvalue weighted by atomic mass is 35.5. The number of nitrogens with zero attached hydrogens (tertiary/aromatic N) is 2. The van der Waals surface area contributed by atoms with Crippen molar-refractivity contribution in [1.29, 1.82) is 0 Å². The van der Waals surface area contributed by atoms with E-state index in [9.17, 15) is 18.0 Å². The molecule has 0 aromatic heterocycles. The molecule has 7 nitrogen and oxygen atoms in total. The highest BCUT2D eigenvalue weighted by molar-refractivity contribution is 7.92. The van der Waals surface area contributed by atoms with Crippen LogP contribution in [0.15, 0.2) is 102 Å². The largest absolute Gasteiger partial charge is 0.352 e. The predicted octanol–water partition coefficient (Wildman–Crippen LogP) is 7.50. The minimum atomic E-state index is -4.22. The lowest BCUT2D eigenvalue weighted by atomic mass is 10.0. The number of nitrogens with one attached hydrogen (secondary N) is 1. The number of amides is 2. The second-order valence-corrected chi connectivity index (χ2v) is 14.8. The van der Waals surface area contributed by atoms with Gasteiger partial charge in [-0.3, -0.25) is 13.9 Å². The van der Waals surface area contributed by atoms with Gasteiger partial charge in [0.15, 0.2) is 0 Å². The Kier molecular flexibility index (Phi) is 11.3. The molecule has 1 aliphatic rings. The molecule has 2 amide bonds. The maximum Gasteiger partial charge on any atom is 0.264 e. The van der Waals surface area contributed by atoms with Crippen LogP contribution in [0.4, 0.5) is 5.69 Å². The average Bonchev–Trinajstić information content (AvgIpc) is 3.55. The SMILES string of the molecule is Cc1ccc(S(=O)(=O)N(CC(=O)N(Cc2cccc(Cl)c2)[C@H](Cc2ccccc2)C(=O)NC2CCCC2)c2ccc(Cl)cc2C)cc1. The van der Waals surface area contributed by atoms with Gasteiger partial charge in [0, 0.05) is 29.1 Å². The summed E-state index contributed by atoms with van der Waals surface area (Å²) in [6.07, 6.45) is 4.07. The number of carbonyl (C=O) groups is 2. The monoisotopic (exact) mass is 691 g/mol. The number of halogens is 2. The molecule has 1 saturated carbocycles. The van der Waals surface area contributed by atoms with Crippen LogP contribution in [0.1, 0.15) is 47.9 Å². The summed E-state index contributed by atoms with van der Waals surface area (Å²) in [7, 11) is -4.22. The van der Waals surface area contributed by atoms with Gasteiger partial charge in [-0.15, -0.1) is 0 Å². The molecule has 0 bridgehead atoms. The zero-order valence-electron chi connectivity index (χ0n) is 26.5. The first-order valence-corrected chi connectivity index (χ1v) is 17.9. The van der Waals surface area contributed by atoms with Crippen LogP contribution < -0.4 is 9.62 Å². The van der Waals surface area contributed by atoms with Crippen molar-refractivity contribution in [3.05, 3.63) is 129 Å². The third-order valence-electron chi connectivity index (χ3n) is 8.53. The first-order chi connectivity index (χ1) is 22.5. The van der Waals surface area contributed by atoms with E-state index < -0.39 is 28.5 Å². The summed E-state index contributed by atoms with van der Waals surface area (Å²) in [5, 5.41) is 4.12. The van der Waals surface area contributed by atoms with Gasteiger partial charge in [-0.2, -0.15) is 0 Å². The molecule has 1 fully saturated rings. The van der Waals surface area contributed by atoms with Crippen molar-refractivity contribution in [3.63, 3.8) is 0 Å². The normalized spacial score (nSPS) is 14.0. The van der Waals surface area contributed by atoms with E-state index in [0.29, 0.717) is 26.9 Å². The van der Waals surface area contributed by atoms with Crippen molar-refractivity contribution in [2.75, 3.05) is 10.8 Å². The van der Waals surface area contributed by atoms with E-state index in [2.05, 4.69) is 5.32 Å². The van der Waals surface area contributed by atoms with Gasteiger partial charge in [0.1, 0.15) is 12.6 Å². The number of carbonyl (C=O) groups excluding carboxylic acids is 2. The van der Waals surface area contributed by atoms with Gasteiger partial charge >= 0.3 is 0 Å². The molecule has 0 saturated heterocycles. The van der Waals surface area contributed by atoms with Crippen LogP contribution in [-0.4, -0.2) is 43.8 Å². The molecule has 0 heterocycles. The summed E-state index contributed by atoms with van der Waals surface area (Å²) in [6, 6.07) is 27.1. The molecule has 1 atom stereocenters. The van der Waals surface area contributed by atoms with E-state index in [0.717, 1.165) is 41.1 Å². The van der Waals surface area contributed by atoms with Crippen LogP contribution in [0.3, 0.4) is 0 Å². The quantitative estimate of drug-likeness (QED) is 0.167. The number of aryl methyl sites for hydroxylation is 2. The standard InChI is InChI=1S/C37H39Cl2N3O4S/c1-26-15-18-33(19-16-26)47(45,46)42(34-20-17-31(39)21-27(34)2)25-36(43)41(24-29-11-8-12-30(38)22-29)35(23-28-9-4-3-5-10-28)37(44)40-32-13-6-7-14-32/h3-5,8-12,15-22,32,35H,6-7,13-14,23-25H2,1-2H3,(H,40,44)/t35-/m1/s1. The lowest BCUT2D eigenvalue weighted by Crippen LogP contribution is -2.54.